The highest BCUT2D eigenvalue weighted by Gasteiger charge is 2.57. The Bertz CT molecular complexity index is 322. The van der Waals surface area contributed by atoms with E-state index in [2.05, 4.69) is 35.2 Å². The second-order valence-corrected chi connectivity index (χ2v) is 4.35. The van der Waals surface area contributed by atoms with Crippen LogP contribution < -0.4 is 10.6 Å². The summed E-state index contributed by atoms with van der Waals surface area (Å²) in [6.45, 7) is 2.20. The Balaban J connectivity index is 1.82. The third kappa shape index (κ3) is 1.05. The molecule has 2 nitrogen and oxygen atoms in total. The summed E-state index contributed by atoms with van der Waals surface area (Å²) < 4.78 is 0. The molecular weight excluding hydrogens is 160 g/mol. The van der Waals surface area contributed by atoms with Gasteiger partial charge in [-0.15, -0.1) is 0 Å². The van der Waals surface area contributed by atoms with Gasteiger partial charge < -0.3 is 10.6 Å². The number of nitrogens with two attached hydrogens (primary N) is 1. The van der Waals surface area contributed by atoms with Crippen LogP contribution in [0.1, 0.15) is 6.42 Å². The monoisotopic (exact) mass is 174 g/mol. The van der Waals surface area contributed by atoms with Crippen molar-refractivity contribution in [3.05, 3.63) is 30.3 Å². The third-order valence-electron chi connectivity index (χ3n) is 3.33. The number of hydrogen-bond acceptors (Lipinski definition) is 2. The zero-order chi connectivity index (χ0) is 8.89. The smallest absolute Gasteiger partial charge is 0.0382 e. The number of piperidine rings is 1. The number of hydrogen-bond donors (Lipinski definition) is 1. The van der Waals surface area contributed by atoms with Gasteiger partial charge in [-0.2, -0.15) is 0 Å². The Morgan fingerprint density at radius 3 is 2.69 bits per heavy atom. The van der Waals surface area contributed by atoms with Crippen molar-refractivity contribution in [1.82, 2.24) is 0 Å². The number of para-hydroxylation sites is 1. The zero-order valence-electron chi connectivity index (χ0n) is 7.61. The van der Waals surface area contributed by atoms with Crippen molar-refractivity contribution in [2.24, 2.45) is 11.7 Å². The summed E-state index contributed by atoms with van der Waals surface area (Å²) in [5, 5.41) is 0. The molecule has 2 heteroatoms. The second kappa shape index (κ2) is 2.26. The Hall–Kier alpha value is -1.02. The van der Waals surface area contributed by atoms with E-state index in [1.54, 1.807) is 0 Å². The van der Waals surface area contributed by atoms with E-state index in [4.69, 9.17) is 5.73 Å². The van der Waals surface area contributed by atoms with Gasteiger partial charge in [0.2, 0.25) is 0 Å². The van der Waals surface area contributed by atoms with Crippen LogP contribution in [-0.2, 0) is 0 Å². The van der Waals surface area contributed by atoms with Crippen LogP contribution in [0.15, 0.2) is 30.3 Å². The quantitative estimate of drug-likeness (QED) is 0.693. The van der Waals surface area contributed by atoms with Crippen molar-refractivity contribution in [3.63, 3.8) is 0 Å². The Morgan fingerprint density at radius 2 is 2.08 bits per heavy atom. The van der Waals surface area contributed by atoms with Gasteiger partial charge in [-0.25, -0.2) is 0 Å². The first kappa shape index (κ1) is 7.39. The number of nitrogens with zero attached hydrogens (tertiary/aromatic N) is 1. The highest BCUT2D eigenvalue weighted by molar-refractivity contribution is 5.50. The summed E-state index contributed by atoms with van der Waals surface area (Å²) in [6, 6.07) is 10.5. The van der Waals surface area contributed by atoms with E-state index in [9.17, 15) is 0 Å². The van der Waals surface area contributed by atoms with E-state index in [1.807, 2.05) is 0 Å². The SMILES string of the molecule is NC12CC1CN(c1ccccc1)C2. The highest BCUT2D eigenvalue weighted by Crippen LogP contribution is 2.48. The summed E-state index contributed by atoms with van der Waals surface area (Å²) in [5.74, 6) is 0.757. The molecule has 2 unspecified atom stereocenters. The maximum Gasteiger partial charge on any atom is 0.0382 e. The van der Waals surface area contributed by atoms with E-state index >= 15 is 0 Å². The lowest BCUT2D eigenvalue weighted by atomic mass is 10.2. The number of anilines is 1. The fourth-order valence-corrected chi connectivity index (χ4v) is 2.36. The molecule has 68 valence electrons. The van der Waals surface area contributed by atoms with Gasteiger partial charge in [0.05, 0.1) is 0 Å². The minimum absolute atomic E-state index is 0.163. The molecule has 3 rings (SSSR count). The molecule has 2 atom stereocenters. The molecule has 2 aliphatic rings. The molecular formula is C11H14N2. The average molecular weight is 174 g/mol. The van der Waals surface area contributed by atoms with Crippen molar-refractivity contribution >= 4 is 5.69 Å². The minimum Gasteiger partial charge on any atom is -0.369 e. The highest BCUT2D eigenvalue weighted by atomic mass is 15.2. The lowest BCUT2D eigenvalue weighted by molar-refractivity contribution is 0.699. The van der Waals surface area contributed by atoms with E-state index in [0.29, 0.717) is 0 Å². The maximum atomic E-state index is 6.14. The first-order valence-electron chi connectivity index (χ1n) is 4.87. The number of rotatable bonds is 1. The predicted octanol–water partition coefficient (Wildman–Crippen LogP) is 1.22. The molecule has 2 fully saturated rings. The summed E-state index contributed by atoms with van der Waals surface area (Å²) in [6.07, 6.45) is 1.23. The number of benzene rings is 1. The fraction of sp³-hybridized carbons (Fsp3) is 0.455. The standard InChI is InChI=1S/C11H14N2/c12-11-6-9(11)7-13(8-11)10-4-2-1-3-5-10/h1-5,9H,6-8,12H2. The summed E-state index contributed by atoms with van der Waals surface area (Å²) in [5.41, 5.74) is 7.62. The third-order valence-corrected chi connectivity index (χ3v) is 3.33. The summed E-state index contributed by atoms with van der Waals surface area (Å²) >= 11 is 0. The second-order valence-electron chi connectivity index (χ2n) is 4.35. The number of fused-ring (bicyclic) bond motifs is 1. The van der Waals surface area contributed by atoms with Gasteiger partial charge in [0.1, 0.15) is 0 Å². The first-order chi connectivity index (χ1) is 6.28. The van der Waals surface area contributed by atoms with E-state index in [1.165, 1.54) is 12.1 Å². The molecule has 2 N–H and O–H groups in total. The largest absolute Gasteiger partial charge is 0.369 e. The van der Waals surface area contributed by atoms with Gasteiger partial charge in [-0.1, -0.05) is 18.2 Å². The van der Waals surface area contributed by atoms with Crippen molar-refractivity contribution in [2.75, 3.05) is 18.0 Å². The Kier molecular flexibility index (Phi) is 1.29. The van der Waals surface area contributed by atoms with Crippen molar-refractivity contribution in [1.29, 1.82) is 0 Å². The van der Waals surface area contributed by atoms with Crippen LogP contribution in [0.5, 0.6) is 0 Å². The molecule has 1 saturated heterocycles. The van der Waals surface area contributed by atoms with Gasteiger partial charge in [0.25, 0.3) is 0 Å². The molecule has 0 amide bonds. The predicted molar refractivity (Wildman–Crippen MR) is 53.7 cm³/mol. The van der Waals surface area contributed by atoms with E-state index in [0.717, 1.165) is 19.0 Å². The normalized spacial score (nSPS) is 36.1. The van der Waals surface area contributed by atoms with Crippen LogP contribution in [0.25, 0.3) is 0 Å². The van der Waals surface area contributed by atoms with Gasteiger partial charge in [0.15, 0.2) is 0 Å². The van der Waals surface area contributed by atoms with Crippen molar-refractivity contribution < 1.29 is 0 Å². The van der Waals surface area contributed by atoms with E-state index in [-0.39, 0.29) is 5.54 Å². The van der Waals surface area contributed by atoms with E-state index < -0.39 is 0 Å². The molecule has 1 aliphatic carbocycles. The summed E-state index contributed by atoms with van der Waals surface area (Å²) in [7, 11) is 0. The molecule has 1 aromatic rings. The van der Waals surface area contributed by atoms with Gasteiger partial charge in [-0.05, 0) is 24.5 Å². The van der Waals surface area contributed by atoms with Crippen LogP contribution in [0.3, 0.4) is 0 Å². The molecule has 1 aromatic carbocycles. The Labute approximate surface area is 78.3 Å². The van der Waals surface area contributed by atoms with Crippen molar-refractivity contribution in [2.45, 2.75) is 12.0 Å². The topological polar surface area (TPSA) is 29.3 Å². The summed E-state index contributed by atoms with van der Waals surface area (Å²) in [4.78, 5) is 2.40. The molecule has 0 aromatic heterocycles. The van der Waals surface area contributed by atoms with Crippen LogP contribution >= 0.6 is 0 Å². The molecule has 13 heavy (non-hydrogen) atoms. The van der Waals surface area contributed by atoms with Crippen molar-refractivity contribution in [3.8, 4) is 0 Å². The van der Waals surface area contributed by atoms with Gasteiger partial charge in [-0.3, -0.25) is 0 Å². The maximum absolute atomic E-state index is 6.14. The molecule has 1 aliphatic heterocycles. The Morgan fingerprint density at radius 1 is 1.31 bits per heavy atom. The van der Waals surface area contributed by atoms with Crippen LogP contribution in [0.2, 0.25) is 0 Å². The average Bonchev–Trinajstić information content (AvgIpc) is 2.67. The van der Waals surface area contributed by atoms with Crippen LogP contribution in [-0.4, -0.2) is 18.6 Å². The minimum atomic E-state index is 0.163. The molecule has 0 spiro atoms. The van der Waals surface area contributed by atoms with Crippen LogP contribution in [0.4, 0.5) is 5.69 Å². The van der Waals surface area contributed by atoms with Gasteiger partial charge in [0, 0.05) is 24.3 Å². The zero-order valence-corrected chi connectivity index (χ0v) is 7.61. The lowest BCUT2D eigenvalue weighted by Crippen LogP contribution is -2.33. The van der Waals surface area contributed by atoms with Gasteiger partial charge >= 0.3 is 0 Å². The molecule has 1 saturated carbocycles. The van der Waals surface area contributed by atoms with Crippen LogP contribution in [0, 0.1) is 5.92 Å². The molecule has 0 radical (unpaired) electrons. The fourth-order valence-electron chi connectivity index (χ4n) is 2.36. The molecule has 0 bridgehead atoms. The first-order valence-corrected chi connectivity index (χ1v) is 4.87. The molecule has 1 heterocycles. The lowest BCUT2D eigenvalue weighted by Gasteiger charge is -2.21.